The molecule has 104 valence electrons. The number of amides is 1. The van der Waals surface area contributed by atoms with Crippen molar-refractivity contribution in [3.63, 3.8) is 0 Å². The van der Waals surface area contributed by atoms with Gasteiger partial charge in [0.05, 0.1) is 12.8 Å². The van der Waals surface area contributed by atoms with E-state index >= 15 is 0 Å². The van der Waals surface area contributed by atoms with Gasteiger partial charge < -0.3 is 4.74 Å². The summed E-state index contributed by atoms with van der Waals surface area (Å²) in [7, 11) is -3.33. The second kappa shape index (κ2) is 5.14. The fourth-order valence-corrected chi connectivity index (χ4v) is 2.19. The van der Waals surface area contributed by atoms with Crippen LogP contribution >= 0.6 is 0 Å². The van der Waals surface area contributed by atoms with Gasteiger partial charge >= 0.3 is 6.09 Å². The number of halogens is 1. The Morgan fingerprint density at radius 3 is 2.63 bits per heavy atom. The van der Waals surface area contributed by atoms with Gasteiger partial charge in [-0.05, 0) is 24.3 Å². The number of nitrogens with one attached hydrogen (secondary N) is 1. The summed E-state index contributed by atoms with van der Waals surface area (Å²) in [6.07, 6.45) is -0.110. The molecule has 0 radical (unpaired) electrons. The minimum absolute atomic E-state index is 0.0161. The van der Waals surface area contributed by atoms with Crippen LogP contribution < -0.4 is 9.62 Å². The maximum atomic E-state index is 12.8. The molecule has 1 aromatic carbocycles. The van der Waals surface area contributed by atoms with Gasteiger partial charge in [-0.2, -0.15) is 0 Å². The molecule has 0 spiro atoms. The highest BCUT2D eigenvalue weighted by molar-refractivity contribution is 7.88. The summed E-state index contributed by atoms with van der Waals surface area (Å²) in [6.45, 7) is 0.231. The maximum Gasteiger partial charge on any atom is 0.414 e. The van der Waals surface area contributed by atoms with Crippen LogP contribution in [0.1, 0.15) is 0 Å². The Morgan fingerprint density at radius 2 is 2.05 bits per heavy atom. The molecule has 1 heterocycles. The number of hydrogen-bond donors (Lipinski definition) is 1. The average Bonchev–Trinajstić information content (AvgIpc) is 2.68. The Kier molecular flexibility index (Phi) is 3.72. The molecule has 1 aliphatic heterocycles. The number of benzene rings is 1. The lowest BCUT2D eigenvalue weighted by molar-refractivity contribution is 0.143. The van der Waals surface area contributed by atoms with Gasteiger partial charge in [0.15, 0.2) is 0 Å². The zero-order valence-corrected chi connectivity index (χ0v) is 11.0. The summed E-state index contributed by atoms with van der Waals surface area (Å²) >= 11 is 0. The number of ether oxygens (including phenoxy) is 1. The molecule has 0 saturated carbocycles. The molecule has 1 aliphatic rings. The first-order chi connectivity index (χ1) is 8.85. The van der Waals surface area contributed by atoms with Gasteiger partial charge in [-0.3, -0.25) is 4.90 Å². The van der Waals surface area contributed by atoms with Gasteiger partial charge in [0.2, 0.25) is 10.0 Å². The molecular formula is C11H13FN2O4S. The number of anilines is 1. The molecule has 1 fully saturated rings. The topological polar surface area (TPSA) is 75.7 Å². The second-order valence-electron chi connectivity index (χ2n) is 4.21. The van der Waals surface area contributed by atoms with E-state index in [1.807, 2.05) is 0 Å². The summed E-state index contributed by atoms with van der Waals surface area (Å²) in [5, 5.41) is 0. The Hall–Kier alpha value is -1.67. The zero-order chi connectivity index (χ0) is 14.0. The molecular weight excluding hydrogens is 275 g/mol. The van der Waals surface area contributed by atoms with Crippen LogP contribution in [-0.4, -0.2) is 40.0 Å². The lowest BCUT2D eigenvalue weighted by atomic mass is 10.2. The van der Waals surface area contributed by atoms with E-state index in [1.165, 1.54) is 29.2 Å². The predicted molar refractivity (Wildman–Crippen MR) is 66.9 cm³/mol. The van der Waals surface area contributed by atoms with Crippen LogP contribution in [0.15, 0.2) is 24.3 Å². The highest BCUT2D eigenvalue weighted by Crippen LogP contribution is 2.21. The van der Waals surface area contributed by atoms with E-state index in [2.05, 4.69) is 4.72 Å². The van der Waals surface area contributed by atoms with Crippen LogP contribution in [0.5, 0.6) is 0 Å². The van der Waals surface area contributed by atoms with Crippen molar-refractivity contribution < 1.29 is 22.3 Å². The first kappa shape index (κ1) is 13.8. The van der Waals surface area contributed by atoms with E-state index in [9.17, 15) is 17.6 Å². The third-order valence-electron chi connectivity index (χ3n) is 2.59. The van der Waals surface area contributed by atoms with Crippen LogP contribution in [0.3, 0.4) is 0 Å². The van der Waals surface area contributed by atoms with Crippen molar-refractivity contribution in [2.24, 2.45) is 0 Å². The normalized spacial score (nSPS) is 19.6. The number of rotatable bonds is 4. The maximum absolute atomic E-state index is 12.8. The number of carbonyl (C=O) groups is 1. The molecule has 0 bridgehead atoms. The van der Waals surface area contributed by atoms with Crippen LogP contribution in [0.25, 0.3) is 0 Å². The third kappa shape index (κ3) is 3.65. The van der Waals surface area contributed by atoms with Gasteiger partial charge in [-0.25, -0.2) is 22.3 Å². The van der Waals surface area contributed by atoms with Crippen molar-refractivity contribution in [1.82, 2.24) is 4.72 Å². The molecule has 1 N–H and O–H groups in total. The van der Waals surface area contributed by atoms with Crippen molar-refractivity contribution in [3.05, 3.63) is 30.1 Å². The lowest BCUT2D eigenvalue weighted by Crippen LogP contribution is -2.33. The third-order valence-corrected chi connectivity index (χ3v) is 3.28. The fraction of sp³-hybridized carbons (Fsp3) is 0.364. The quantitative estimate of drug-likeness (QED) is 0.885. The number of cyclic esters (lactones) is 1. The molecule has 6 nitrogen and oxygen atoms in total. The predicted octanol–water partition coefficient (Wildman–Crippen LogP) is 0.700. The first-order valence-electron chi connectivity index (χ1n) is 5.53. The fourth-order valence-electron chi connectivity index (χ4n) is 1.70. The lowest BCUT2D eigenvalue weighted by Gasteiger charge is -2.12. The summed E-state index contributed by atoms with van der Waals surface area (Å²) in [5.74, 6) is -0.397. The van der Waals surface area contributed by atoms with E-state index in [-0.39, 0.29) is 13.1 Å². The highest BCUT2D eigenvalue weighted by Gasteiger charge is 2.32. The first-order valence-corrected chi connectivity index (χ1v) is 7.42. The molecule has 19 heavy (non-hydrogen) atoms. The van der Waals surface area contributed by atoms with E-state index < -0.39 is 28.0 Å². The Labute approximate surface area is 110 Å². The van der Waals surface area contributed by atoms with E-state index in [4.69, 9.17) is 4.74 Å². The second-order valence-corrected chi connectivity index (χ2v) is 6.05. The standard InChI is InChI=1S/C11H13FN2O4S/c1-19(16,17)13-6-10-7-14(11(15)18-10)9-4-2-8(12)3-5-9/h2-5,10,13H,6-7H2,1H3/t10-/m0/s1. The van der Waals surface area contributed by atoms with Crippen LogP contribution in [0.2, 0.25) is 0 Å². The molecule has 8 heteroatoms. The molecule has 1 atom stereocenters. The minimum atomic E-state index is -3.33. The van der Waals surface area contributed by atoms with Gasteiger partial charge in [-0.1, -0.05) is 0 Å². The van der Waals surface area contributed by atoms with Crippen LogP contribution in [0.4, 0.5) is 14.9 Å². The molecule has 1 aromatic rings. The molecule has 0 unspecified atom stereocenters. The number of sulfonamides is 1. The summed E-state index contributed by atoms with van der Waals surface area (Å²) in [5.41, 5.74) is 0.508. The average molecular weight is 288 g/mol. The van der Waals surface area contributed by atoms with Crippen molar-refractivity contribution in [1.29, 1.82) is 0 Å². The van der Waals surface area contributed by atoms with E-state index in [1.54, 1.807) is 0 Å². The summed E-state index contributed by atoms with van der Waals surface area (Å²) in [6, 6.07) is 5.40. The molecule has 2 rings (SSSR count). The SMILES string of the molecule is CS(=O)(=O)NC[C@H]1CN(c2ccc(F)cc2)C(=O)O1. The molecule has 0 aliphatic carbocycles. The molecule has 1 amide bonds. The van der Waals surface area contributed by atoms with Gasteiger partial charge in [0.25, 0.3) is 0 Å². The van der Waals surface area contributed by atoms with Crippen molar-refractivity contribution in [2.75, 3.05) is 24.2 Å². The Morgan fingerprint density at radius 1 is 1.42 bits per heavy atom. The van der Waals surface area contributed by atoms with E-state index in [0.717, 1.165) is 6.26 Å². The Bertz CT molecular complexity index is 573. The van der Waals surface area contributed by atoms with Crippen molar-refractivity contribution in [3.8, 4) is 0 Å². The van der Waals surface area contributed by atoms with Crippen molar-refractivity contribution in [2.45, 2.75) is 6.10 Å². The van der Waals surface area contributed by atoms with Crippen molar-refractivity contribution >= 4 is 21.8 Å². The smallest absolute Gasteiger partial charge is 0.414 e. The summed E-state index contributed by atoms with van der Waals surface area (Å²) < 4.78 is 42.0. The van der Waals surface area contributed by atoms with Gasteiger partial charge in [-0.15, -0.1) is 0 Å². The molecule has 0 aromatic heterocycles. The number of carbonyl (C=O) groups excluding carboxylic acids is 1. The molecule has 1 saturated heterocycles. The van der Waals surface area contributed by atoms with E-state index in [0.29, 0.717) is 5.69 Å². The summed E-state index contributed by atoms with van der Waals surface area (Å²) in [4.78, 5) is 13.0. The monoisotopic (exact) mass is 288 g/mol. The van der Waals surface area contributed by atoms with Gasteiger partial charge in [0, 0.05) is 12.2 Å². The van der Waals surface area contributed by atoms with Crippen LogP contribution in [-0.2, 0) is 14.8 Å². The zero-order valence-electron chi connectivity index (χ0n) is 10.2. The highest BCUT2D eigenvalue weighted by atomic mass is 32.2. The minimum Gasteiger partial charge on any atom is -0.443 e. The number of hydrogen-bond acceptors (Lipinski definition) is 4. The van der Waals surface area contributed by atoms with Crippen LogP contribution in [0, 0.1) is 5.82 Å². The number of nitrogens with zero attached hydrogens (tertiary/aromatic N) is 1. The largest absolute Gasteiger partial charge is 0.443 e. The van der Waals surface area contributed by atoms with Gasteiger partial charge in [0.1, 0.15) is 11.9 Å². The Balaban J connectivity index is 2.01.